The van der Waals surface area contributed by atoms with E-state index in [4.69, 9.17) is 4.74 Å². The third-order valence-electron chi connectivity index (χ3n) is 8.77. The SMILES string of the molecule is Cc1ccc(-c2ccc(OC(=O)c3cccc(N4C(=O)[C@@H]5[C@H]6C=C[C@@H]([C@@H]7C[C@@H]67)[C@H]5C4=O)c3)c(C)c2)cc1. The van der Waals surface area contributed by atoms with Gasteiger partial charge in [-0.15, -0.1) is 0 Å². The number of carbonyl (C=O) groups excluding carboxylic acids is 3. The summed E-state index contributed by atoms with van der Waals surface area (Å²) in [6, 6.07) is 20.7. The van der Waals surface area contributed by atoms with Crippen LogP contribution in [0.5, 0.6) is 5.75 Å². The molecule has 0 radical (unpaired) electrons. The maximum Gasteiger partial charge on any atom is 0.343 e. The first-order valence-electron chi connectivity index (χ1n) is 13.0. The van der Waals surface area contributed by atoms with Gasteiger partial charge in [-0.05, 0) is 91.0 Å². The Morgan fingerprint density at radius 3 is 2.11 bits per heavy atom. The number of ether oxygens (including phenoxy) is 1. The Bertz CT molecular complexity index is 1470. The highest BCUT2D eigenvalue weighted by Gasteiger charge is 2.67. The molecule has 1 saturated heterocycles. The van der Waals surface area contributed by atoms with Crippen LogP contribution in [0, 0.1) is 49.4 Å². The van der Waals surface area contributed by atoms with Crippen LogP contribution in [0.15, 0.2) is 78.9 Å². The van der Waals surface area contributed by atoms with Gasteiger partial charge in [-0.25, -0.2) is 9.69 Å². The number of aryl methyl sites for hydroxylation is 2. The minimum atomic E-state index is -0.521. The van der Waals surface area contributed by atoms with Crippen molar-refractivity contribution in [1.82, 2.24) is 0 Å². The second kappa shape index (κ2) is 8.01. The van der Waals surface area contributed by atoms with E-state index < -0.39 is 5.97 Å². The average Bonchev–Trinajstić information content (AvgIpc) is 3.68. The molecule has 1 aliphatic heterocycles. The minimum Gasteiger partial charge on any atom is -0.423 e. The summed E-state index contributed by atoms with van der Waals surface area (Å²) in [5, 5.41) is 0. The molecule has 1 heterocycles. The summed E-state index contributed by atoms with van der Waals surface area (Å²) in [7, 11) is 0. The zero-order valence-electron chi connectivity index (χ0n) is 20.8. The first-order valence-corrected chi connectivity index (χ1v) is 13.0. The second-order valence-electron chi connectivity index (χ2n) is 11.0. The first kappa shape index (κ1) is 22.2. The van der Waals surface area contributed by atoms with E-state index in [0.717, 1.165) is 23.1 Å². The molecular formula is C32H27NO4. The lowest BCUT2D eigenvalue weighted by Gasteiger charge is -2.37. The summed E-state index contributed by atoms with van der Waals surface area (Å²) >= 11 is 0. The number of imide groups is 1. The molecule has 3 aromatic carbocycles. The Morgan fingerprint density at radius 1 is 0.811 bits per heavy atom. The number of carbonyl (C=O) groups is 3. The number of allylic oxidation sites excluding steroid dienone is 2. The predicted molar refractivity (Wildman–Crippen MR) is 140 cm³/mol. The van der Waals surface area contributed by atoms with Gasteiger partial charge in [0.1, 0.15) is 5.75 Å². The van der Waals surface area contributed by atoms with Crippen molar-refractivity contribution in [2.24, 2.45) is 35.5 Å². The Kier molecular flexibility index (Phi) is 4.81. The van der Waals surface area contributed by atoms with Crippen molar-refractivity contribution in [3.63, 3.8) is 0 Å². The molecular weight excluding hydrogens is 462 g/mol. The van der Waals surface area contributed by atoms with Gasteiger partial charge in [0.15, 0.2) is 0 Å². The fourth-order valence-electron chi connectivity index (χ4n) is 6.83. The lowest BCUT2D eigenvalue weighted by molar-refractivity contribution is -0.124. The average molecular weight is 490 g/mol. The topological polar surface area (TPSA) is 63.7 Å². The van der Waals surface area contributed by atoms with Gasteiger partial charge < -0.3 is 4.74 Å². The molecule has 2 bridgehead atoms. The molecule has 8 rings (SSSR count). The molecule has 3 aromatic rings. The highest BCUT2D eigenvalue weighted by Crippen LogP contribution is 2.65. The fraction of sp³-hybridized carbons (Fsp3) is 0.281. The Balaban J connectivity index is 1.12. The molecule has 3 fully saturated rings. The number of anilines is 1. The van der Waals surface area contributed by atoms with Crippen molar-refractivity contribution in [3.05, 3.63) is 95.6 Å². The van der Waals surface area contributed by atoms with Crippen molar-refractivity contribution < 1.29 is 19.1 Å². The van der Waals surface area contributed by atoms with E-state index in [1.807, 2.05) is 19.1 Å². The van der Waals surface area contributed by atoms with Crippen LogP contribution in [-0.4, -0.2) is 17.8 Å². The van der Waals surface area contributed by atoms with Crippen LogP contribution in [0.4, 0.5) is 5.69 Å². The van der Waals surface area contributed by atoms with Gasteiger partial charge >= 0.3 is 5.97 Å². The maximum absolute atomic E-state index is 13.4. The Labute approximate surface area is 215 Å². The Hall–Kier alpha value is -3.99. The molecule has 6 atom stereocenters. The molecule has 184 valence electrons. The van der Waals surface area contributed by atoms with Gasteiger partial charge in [0.25, 0.3) is 0 Å². The van der Waals surface area contributed by atoms with Crippen LogP contribution < -0.4 is 9.64 Å². The normalized spacial score (nSPS) is 28.8. The largest absolute Gasteiger partial charge is 0.423 e. The highest BCUT2D eigenvalue weighted by molar-refractivity contribution is 6.23. The zero-order valence-corrected chi connectivity index (χ0v) is 20.8. The van der Waals surface area contributed by atoms with Crippen molar-refractivity contribution >= 4 is 23.5 Å². The van der Waals surface area contributed by atoms with E-state index in [1.165, 1.54) is 10.5 Å². The number of benzene rings is 3. The first-order chi connectivity index (χ1) is 17.9. The smallest absolute Gasteiger partial charge is 0.343 e. The molecule has 2 amide bonds. The number of hydrogen-bond acceptors (Lipinski definition) is 4. The van der Waals surface area contributed by atoms with E-state index in [9.17, 15) is 14.4 Å². The maximum atomic E-state index is 13.4. The number of hydrogen-bond donors (Lipinski definition) is 0. The molecule has 4 aliphatic carbocycles. The summed E-state index contributed by atoms with van der Waals surface area (Å²) in [6.07, 6.45) is 5.45. The molecule has 2 saturated carbocycles. The standard InChI is InChI=1S/C32H27NO4/c1-17-6-8-19(9-7-17)20-10-13-27(18(2)14-20)37-32(36)21-4-3-5-22(15-21)33-30(34)28-23-11-12-24(26-16-25(23)26)29(28)31(33)35/h3-15,23-26,28-29H,16H2,1-2H3/t23-,24-,25-,26-,28+,29+/m0/s1. The van der Waals surface area contributed by atoms with Gasteiger partial charge in [0.05, 0.1) is 23.1 Å². The van der Waals surface area contributed by atoms with Gasteiger partial charge in [-0.1, -0.05) is 54.1 Å². The van der Waals surface area contributed by atoms with Crippen molar-refractivity contribution in [2.45, 2.75) is 20.3 Å². The Morgan fingerprint density at radius 2 is 1.46 bits per heavy atom. The molecule has 5 aliphatic rings. The van der Waals surface area contributed by atoms with Gasteiger partial charge in [0.2, 0.25) is 11.8 Å². The van der Waals surface area contributed by atoms with Crippen LogP contribution in [0.3, 0.4) is 0 Å². The van der Waals surface area contributed by atoms with Crippen LogP contribution in [0.1, 0.15) is 27.9 Å². The summed E-state index contributed by atoms with van der Waals surface area (Å²) < 4.78 is 5.73. The zero-order chi connectivity index (χ0) is 25.4. The van der Waals surface area contributed by atoms with Gasteiger partial charge in [0, 0.05) is 0 Å². The number of amides is 2. The number of esters is 1. The highest BCUT2D eigenvalue weighted by atomic mass is 16.5. The minimum absolute atomic E-state index is 0.132. The number of nitrogens with zero attached hydrogens (tertiary/aromatic N) is 1. The molecule has 5 heteroatoms. The fourth-order valence-corrected chi connectivity index (χ4v) is 6.83. The van der Waals surface area contributed by atoms with E-state index in [-0.39, 0.29) is 35.5 Å². The predicted octanol–water partition coefficient (Wildman–Crippen LogP) is 5.75. The van der Waals surface area contributed by atoms with Crippen molar-refractivity contribution in [1.29, 1.82) is 0 Å². The summed E-state index contributed by atoms with van der Waals surface area (Å²) in [4.78, 5) is 41.3. The van der Waals surface area contributed by atoms with Crippen LogP contribution in [0.25, 0.3) is 11.1 Å². The van der Waals surface area contributed by atoms with Gasteiger partial charge in [-0.3, -0.25) is 9.59 Å². The summed E-state index contributed by atoms with van der Waals surface area (Å²) in [6.45, 7) is 3.96. The molecule has 0 spiro atoms. The summed E-state index contributed by atoms with van der Waals surface area (Å²) in [5.74, 6) is 0.597. The van der Waals surface area contributed by atoms with E-state index >= 15 is 0 Å². The molecule has 37 heavy (non-hydrogen) atoms. The quantitative estimate of drug-likeness (QED) is 0.203. The third kappa shape index (κ3) is 3.41. The van der Waals surface area contributed by atoms with E-state index in [2.05, 4.69) is 43.3 Å². The lowest BCUT2D eigenvalue weighted by Crippen LogP contribution is -2.40. The second-order valence-corrected chi connectivity index (χ2v) is 11.0. The molecule has 0 unspecified atom stereocenters. The van der Waals surface area contributed by atoms with Crippen molar-refractivity contribution in [2.75, 3.05) is 4.90 Å². The van der Waals surface area contributed by atoms with Crippen molar-refractivity contribution in [3.8, 4) is 16.9 Å². The third-order valence-corrected chi connectivity index (χ3v) is 8.77. The van der Waals surface area contributed by atoms with Gasteiger partial charge in [-0.2, -0.15) is 0 Å². The molecule has 5 nitrogen and oxygen atoms in total. The molecule has 0 N–H and O–H groups in total. The van der Waals surface area contributed by atoms with E-state index in [1.54, 1.807) is 30.3 Å². The molecule has 0 aromatic heterocycles. The lowest BCUT2D eigenvalue weighted by atomic mass is 9.63. The monoisotopic (exact) mass is 489 g/mol. The number of rotatable bonds is 4. The van der Waals surface area contributed by atoms with Crippen LogP contribution >= 0.6 is 0 Å². The van der Waals surface area contributed by atoms with E-state index in [0.29, 0.717) is 28.8 Å². The summed E-state index contributed by atoms with van der Waals surface area (Å²) in [5.41, 5.74) is 4.94. The van der Waals surface area contributed by atoms with Crippen LogP contribution in [0.2, 0.25) is 0 Å². The van der Waals surface area contributed by atoms with Crippen LogP contribution in [-0.2, 0) is 9.59 Å².